The summed E-state index contributed by atoms with van der Waals surface area (Å²) in [7, 11) is -1.72. The Morgan fingerprint density at radius 2 is 1.96 bits per heavy atom. The minimum Gasteiger partial charge on any atom is -0.414 e. The number of aliphatic hydroxyl groups excluding tert-OH is 1. The highest BCUT2D eigenvalue weighted by Crippen LogP contribution is 2.38. The number of aliphatic hydroxyl groups is 1. The number of piperidine rings is 1. The molecule has 0 radical (unpaired) electrons. The monoisotopic (exact) mass is 349 g/mol. The molecule has 24 heavy (non-hydrogen) atoms. The predicted octanol–water partition coefficient (Wildman–Crippen LogP) is 4.56. The molecule has 1 heterocycles. The smallest absolute Gasteiger partial charge is 0.192 e. The molecular weight excluding hydrogens is 314 g/mol. The van der Waals surface area contributed by atoms with Gasteiger partial charge in [-0.25, -0.2) is 0 Å². The van der Waals surface area contributed by atoms with E-state index in [2.05, 4.69) is 52.2 Å². The van der Waals surface area contributed by atoms with E-state index in [1.807, 2.05) is 18.2 Å². The van der Waals surface area contributed by atoms with Crippen LogP contribution in [0.1, 0.15) is 57.3 Å². The Labute approximate surface area is 148 Å². The van der Waals surface area contributed by atoms with Crippen LogP contribution in [0.15, 0.2) is 24.3 Å². The van der Waals surface area contributed by atoms with Gasteiger partial charge in [0.1, 0.15) is 0 Å². The van der Waals surface area contributed by atoms with Crippen molar-refractivity contribution in [2.45, 2.75) is 83.3 Å². The first-order chi connectivity index (χ1) is 11.1. The highest BCUT2D eigenvalue weighted by molar-refractivity contribution is 6.74. The first-order valence-electron chi connectivity index (χ1n) is 9.25. The average molecular weight is 350 g/mol. The van der Waals surface area contributed by atoms with E-state index in [9.17, 15) is 5.11 Å². The quantitative estimate of drug-likeness (QED) is 0.766. The third-order valence-corrected chi connectivity index (χ3v) is 10.3. The molecule has 3 atom stereocenters. The van der Waals surface area contributed by atoms with Crippen LogP contribution in [-0.2, 0) is 4.43 Å². The van der Waals surface area contributed by atoms with Gasteiger partial charge in [0.05, 0.1) is 6.10 Å². The van der Waals surface area contributed by atoms with Crippen LogP contribution in [0.3, 0.4) is 0 Å². The van der Waals surface area contributed by atoms with Gasteiger partial charge in [0.15, 0.2) is 8.32 Å². The molecule has 0 saturated carbocycles. The molecule has 1 aliphatic heterocycles. The van der Waals surface area contributed by atoms with E-state index in [1.165, 1.54) is 0 Å². The molecule has 0 aliphatic carbocycles. The summed E-state index contributed by atoms with van der Waals surface area (Å²) in [5.74, 6) is 0. The van der Waals surface area contributed by atoms with Gasteiger partial charge in [-0.3, -0.25) is 0 Å². The summed E-state index contributed by atoms with van der Waals surface area (Å²) in [6.45, 7) is 14.6. The van der Waals surface area contributed by atoms with Crippen LogP contribution in [0.5, 0.6) is 0 Å². The van der Waals surface area contributed by atoms with Crippen LogP contribution in [0.25, 0.3) is 0 Å². The fourth-order valence-electron chi connectivity index (χ4n) is 3.20. The Morgan fingerprint density at radius 3 is 2.58 bits per heavy atom. The summed E-state index contributed by atoms with van der Waals surface area (Å²) in [5.41, 5.74) is 2.21. The van der Waals surface area contributed by atoms with Gasteiger partial charge in [-0.2, -0.15) is 0 Å². The summed E-state index contributed by atoms with van der Waals surface area (Å²) in [4.78, 5) is 0. The third-order valence-electron chi connectivity index (χ3n) is 5.77. The van der Waals surface area contributed by atoms with Crippen molar-refractivity contribution in [3.05, 3.63) is 35.4 Å². The molecule has 4 heteroatoms. The zero-order valence-corrected chi connectivity index (χ0v) is 17.2. The van der Waals surface area contributed by atoms with Crippen LogP contribution in [0.4, 0.5) is 0 Å². The van der Waals surface area contributed by atoms with E-state index in [1.54, 1.807) is 0 Å². The van der Waals surface area contributed by atoms with E-state index < -0.39 is 14.4 Å². The number of hydrogen-bond acceptors (Lipinski definition) is 3. The summed E-state index contributed by atoms with van der Waals surface area (Å²) >= 11 is 0. The summed E-state index contributed by atoms with van der Waals surface area (Å²) < 4.78 is 6.60. The zero-order chi connectivity index (χ0) is 18.0. The van der Waals surface area contributed by atoms with E-state index in [-0.39, 0.29) is 5.04 Å². The normalized spacial score (nSPS) is 24.0. The lowest BCUT2D eigenvalue weighted by Gasteiger charge is -2.42. The predicted molar refractivity (Wildman–Crippen MR) is 104 cm³/mol. The van der Waals surface area contributed by atoms with E-state index in [4.69, 9.17) is 4.43 Å². The molecule has 0 unspecified atom stereocenters. The standard InChI is InChI=1S/C20H35NO2Si/c1-15-9-7-8-10-18(15)19(22)14-16-13-17(11-12-21-16)23-24(5,6)20(2,3)4/h7-10,16-17,19,21-22H,11-14H2,1-6H3/t16-,17+,19-/m1/s1. The molecule has 1 aromatic carbocycles. The number of aryl methyl sites for hydroxylation is 1. The van der Waals surface area contributed by atoms with Crippen molar-refractivity contribution in [2.24, 2.45) is 0 Å². The van der Waals surface area contributed by atoms with Crippen molar-refractivity contribution in [1.29, 1.82) is 0 Å². The molecular formula is C20H35NO2Si. The Bertz CT molecular complexity index is 539. The van der Waals surface area contributed by atoms with Gasteiger partial charge < -0.3 is 14.8 Å². The Balaban J connectivity index is 1.95. The Hall–Kier alpha value is -0.683. The fraction of sp³-hybridized carbons (Fsp3) is 0.700. The fourth-order valence-corrected chi connectivity index (χ4v) is 4.61. The van der Waals surface area contributed by atoms with Crippen molar-refractivity contribution < 1.29 is 9.53 Å². The highest BCUT2D eigenvalue weighted by atomic mass is 28.4. The Morgan fingerprint density at radius 1 is 1.29 bits per heavy atom. The van der Waals surface area contributed by atoms with Gasteiger partial charge in [-0.15, -0.1) is 0 Å². The molecule has 3 nitrogen and oxygen atoms in total. The number of hydrogen-bond donors (Lipinski definition) is 2. The van der Waals surface area contributed by atoms with Crippen molar-refractivity contribution in [3.63, 3.8) is 0 Å². The lowest BCUT2D eigenvalue weighted by atomic mass is 9.93. The second kappa shape index (κ2) is 7.69. The molecule has 0 spiro atoms. The van der Waals surface area contributed by atoms with E-state index in [0.29, 0.717) is 12.1 Å². The average Bonchev–Trinajstić information content (AvgIpc) is 2.46. The van der Waals surface area contributed by atoms with Gasteiger partial charge in [0.2, 0.25) is 0 Å². The molecule has 0 amide bonds. The maximum atomic E-state index is 10.6. The molecule has 0 bridgehead atoms. The second-order valence-corrected chi connectivity index (χ2v) is 13.5. The van der Waals surface area contributed by atoms with Gasteiger partial charge in [-0.1, -0.05) is 45.0 Å². The molecule has 1 saturated heterocycles. The van der Waals surface area contributed by atoms with E-state index in [0.717, 1.165) is 36.9 Å². The van der Waals surface area contributed by atoms with Crippen molar-refractivity contribution in [3.8, 4) is 0 Å². The molecule has 2 N–H and O–H groups in total. The lowest BCUT2D eigenvalue weighted by molar-refractivity contribution is 0.0939. The number of rotatable bonds is 5. The van der Waals surface area contributed by atoms with Gasteiger partial charge >= 0.3 is 0 Å². The molecule has 0 aromatic heterocycles. The van der Waals surface area contributed by atoms with Crippen molar-refractivity contribution in [2.75, 3.05) is 6.54 Å². The molecule has 1 aromatic rings. The van der Waals surface area contributed by atoms with Gasteiger partial charge in [-0.05, 0) is 62.0 Å². The van der Waals surface area contributed by atoms with Crippen LogP contribution in [-0.4, -0.2) is 32.1 Å². The zero-order valence-electron chi connectivity index (χ0n) is 16.2. The summed E-state index contributed by atoms with van der Waals surface area (Å²) in [6.07, 6.45) is 2.73. The second-order valence-electron chi connectivity index (χ2n) is 8.78. The van der Waals surface area contributed by atoms with Crippen LogP contribution >= 0.6 is 0 Å². The first-order valence-corrected chi connectivity index (χ1v) is 12.2. The molecule has 136 valence electrons. The lowest BCUT2D eigenvalue weighted by Crippen LogP contribution is -2.49. The first kappa shape index (κ1) is 19.6. The summed E-state index contributed by atoms with van der Waals surface area (Å²) in [6, 6.07) is 8.45. The number of nitrogens with one attached hydrogen (secondary N) is 1. The summed E-state index contributed by atoms with van der Waals surface area (Å²) in [5, 5.41) is 14.4. The van der Waals surface area contributed by atoms with Crippen LogP contribution in [0.2, 0.25) is 18.1 Å². The van der Waals surface area contributed by atoms with E-state index >= 15 is 0 Å². The minimum absolute atomic E-state index is 0.244. The van der Waals surface area contributed by atoms with Gasteiger partial charge in [0.25, 0.3) is 0 Å². The van der Waals surface area contributed by atoms with Crippen LogP contribution in [0, 0.1) is 6.92 Å². The van der Waals surface area contributed by atoms with Gasteiger partial charge in [0, 0.05) is 12.1 Å². The van der Waals surface area contributed by atoms with Crippen molar-refractivity contribution in [1.82, 2.24) is 5.32 Å². The SMILES string of the molecule is Cc1ccccc1[C@H](O)C[C@H]1C[C@@H](O[Si](C)(C)C(C)(C)C)CCN1. The minimum atomic E-state index is -1.72. The maximum absolute atomic E-state index is 10.6. The van der Waals surface area contributed by atoms with Crippen LogP contribution < -0.4 is 5.32 Å². The highest BCUT2D eigenvalue weighted by Gasteiger charge is 2.40. The third kappa shape index (κ3) is 4.91. The topological polar surface area (TPSA) is 41.5 Å². The van der Waals surface area contributed by atoms with Crippen molar-refractivity contribution >= 4 is 8.32 Å². The number of benzene rings is 1. The molecule has 2 rings (SSSR count). The Kier molecular flexibility index (Phi) is 6.29. The molecule has 1 aliphatic rings. The molecule has 1 fully saturated rings. The largest absolute Gasteiger partial charge is 0.414 e. The maximum Gasteiger partial charge on any atom is 0.192 e.